The van der Waals surface area contributed by atoms with Crippen LogP contribution in [0.1, 0.15) is 28.3 Å². The first-order valence-electron chi connectivity index (χ1n) is 14.9. The van der Waals surface area contributed by atoms with E-state index in [-0.39, 0.29) is 64.0 Å². The molecule has 3 heterocycles. The van der Waals surface area contributed by atoms with E-state index in [0.717, 1.165) is 38.8 Å². The number of rotatable bonds is 6. The number of benzene rings is 3. The van der Waals surface area contributed by atoms with E-state index in [1.54, 1.807) is 36.0 Å². The van der Waals surface area contributed by atoms with Crippen LogP contribution in [0, 0.1) is 36.5 Å². The van der Waals surface area contributed by atoms with E-state index in [0.29, 0.717) is 22.1 Å². The van der Waals surface area contributed by atoms with Crippen LogP contribution in [-0.4, -0.2) is 34.6 Å². The number of fused-ring (bicyclic) bond motifs is 9. The summed E-state index contributed by atoms with van der Waals surface area (Å²) in [5.74, 6) is -1.29. The van der Waals surface area contributed by atoms with Crippen molar-refractivity contribution < 1.29 is 19.1 Å². The monoisotopic (exact) mass is 657 g/mol. The van der Waals surface area contributed by atoms with Crippen molar-refractivity contribution in [3.05, 3.63) is 103 Å². The first kappa shape index (κ1) is 28.6. The molecule has 45 heavy (non-hydrogen) atoms. The number of para-hydroxylation sites is 1. The Labute approximate surface area is 272 Å². The minimum Gasteiger partial charge on any atom is -0.483 e. The number of carbonyl (C=O) groups is 3. The highest BCUT2D eigenvalue weighted by Gasteiger charge is 2.69. The Hall–Kier alpha value is -3.86. The van der Waals surface area contributed by atoms with Crippen LogP contribution in [0.3, 0.4) is 0 Å². The summed E-state index contributed by atoms with van der Waals surface area (Å²) in [6.45, 7) is 1.76. The van der Waals surface area contributed by atoms with E-state index in [1.165, 1.54) is 4.90 Å². The number of amides is 3. The molecule has 4 aromatic rings. The van der Waals surface area contributed by atoms with Crippen molar-refractivity contribution in [2.45, 2.75) is 29.5 Å². The zero-order chi connectivity index (χ0) is 31.0. The molecule has 7 atom stereocenters. The van der Waals surface area contributed by atoms with Crippen molar-refractivity contribution in [3.63, 3.8) is 0 Å². The molecule has 2 aliphatic carbocycles. The van der Waals surface area contributed by atoms with Gasteiger partial charge >= 0.3 is 4.87 Å². The van der Waals surface area contributed by atoms with Crippen LogP contribution in [0.2, 0.25) is 5.02 Å². The molecule has 1 saturated heterocycles. The lowest BCUT2D eigenvalue weighted by Gasteiger charge is -2.43. The van der Waals surface area contributed by atoms with Gasteiger partial charge < -0.3 is 15.0 Å². The second-order valence-electron chi connectivity index (χ2n) is 12.2. The van der Waals surface area contributed by atoms with Gasteiger partial charge in [-0.25, -0.2) is 0 Å². The summed E-state index contributed by atoms with van der Waals surface area (Å²) < 4.78 is 6.16. The minimum atomic E-state index is -0.423. The van der Waals surface area contributed by atoms with E-state index in [1.807, 2.05) is 55.5 Å². The standard InChI is InChI=1S/C34H28ClN3O5S2/c1-16-7-10-18(11-8-16)36-24(39)15-43-23-12-9-17(35)13-20(23)25-26-21-14-22(29(26)44-31-30(25)45-34(42)37-31)28-27(21)32(40)38(33(28)41)19-5-3-2-4-6-19/h2-13,21-22,25-29H,14-15H2,1H3,(H,36,39)(H,37,42)/t21?,22?,25-,26?,27?,28?,29?/m1/s1. The lowest BCUT2D eigenvalue weighted by Crippen LogP contribution is -2.42. The molecule has 1 aromatic heterocycles. The molecule has 0 radical (unpaired) electrons. The number of thioether (sulfide) groups is 1. The van der Waals surface area contributed by atoms with Gasteiger partial charge in [0, 0.05) is 32.3 Å². The molecule has 3 aromatic carbocycles. The van der Waals surface area contributed by atoms with Crippen LogP contribution in [0.15, 0.2) is 82.6 Å². The zero-order valence-corrected chi connectivity index (χ0v) is 26.5. The number of carbonyl (C=O) groups excluding carboxylic acids is 3. The minimum absolute atomic E-state index is 0.0111. The van der Waals surface area contributed by atoms with Crippen molar-refractivity contribution in [2.24, 2.45) is 29.6 Å². The molecular weight excluding hydrogens is 630 g/mol. The van der Waals surface area contributed by atoms with E-state index in [9.17, 15) is 19.2 Å². The van der Waals surface area contributed by atoms with Gasteiger partial charge in [0.25, 0.3) is 5.91 Å². The van der Waals surface area contributed by atoms with E-state index < -0.39 is 5.92 Å². The summed E-state index contributed by atoms with van der Waals surface area (Å²) in [5, 5.41) is 4.18. The van der Waals surface area contributed by atoms with Crippen LogP contribution in [0.4, 0.5) is 11.4 Å². The summed E-state index contributed by atoms with van der Waals surface area (Å²) in [7, 11) is 0. The molecule has 11 heteroatoms. The largest absolute Gasteiger partial charge is 0.483 e. The highest BCUT2D eigenvalue weighted by atomic mass is 35.5. The number of aryl methyl sites for hydroxylation is 1. The molecule has 4 aliphatic rings. The van der Waals surface area contributed by atoms with E-state index in [4.69, 9.17) is 16.3 Å². The first-order chi connectivity index (χ1) is 21.8. The second kappa shape index (κ2) is 10.9. The number of halogens is 1. The first-order valence-corrected chi connectivity index (χ1v) is 17.0. The third-order valence-electron chi connectivity index (χ3n) is 9.74. The van der Waals surface area contributed by atoms with Gasteiger partial charge in [-0.1, -0.05) is 58.8 Å². The highest BCUT2D eigenvalue weighted by Crippen LogP contribution is 2.69. The maximum atomic E-state index is 14.0. The number of thiazole rings is 1. The van der Waals surface area contributed by atoms with Crippen molar-refractivity contribution in [1.29, 1.82) is 0 Å². The van der Waals surface area contributed by atoms with Crippen molar-refractivity contribution in [3.8, 4) is 5.75 Å². The predicted molar refractivity (Wildman–Crippen MR) is 174 cm³/mol. The Balaban J connectivity index is 1.14. The van der Waals surface area contributed by atoms with Gasteiger partial charge in [0.2, 0.25) is 11.8 Å². The fraction of sp³-hybridized carbons (Fsp3) is 0.294. The summed E-state index contributed by atoms with van der Waals surface area (Å²) in [4.78, 5) is 58.5. The number of aromatic amines is 1. The van der Waals surface area contributed by atoms with Gasteiger partial charge in [0.05, 0.1) is 22.5 Å². The van der Waals surface area contributed by atoms with Gasteiger partial charge in [0.15, 0.2) is 6.61 Å². The molecule has 0 spiro atoms. The van der Waals surface area contributed by atoms with Gasteiger partial charge in [-0.05, 0) is 73.6 Å². The zero-order valence-electron chi connectivity index (χ0n) is 24.1. The Kier molecular flexibility index (Phi) is 6.92. The van der Waals surface area contributed by atoms with Gasteiger partial charge in [-0.15, -0.1) is 11.8 Å². The van der Waals surface area contributed by atoms with Crippen LogP contribution in [0.5, 0.6) is 5.75 Å². The summed E-state index contributed by atoms with van der Waals surface area (Å²) in [6, 6.07) is 22.0. The topological polar surface area (TPSA) is 109 Å². The molecule has 8 nitrogen and oxygen atoms in total. The molecule has 2 N–H and O–H groups in total. The van der Waals surface area contributed by atoms with Crippen LogP contribution in [0.25, 0.3) is 0 Å². The molecular formula is C34H28ClN3O5S2. The van der Waals surface area contributed by atoms with Crippen LogP contribution in [-0.2, 0) is 14.4 Å². The Morgan fingerprint density at radius 2 is 1.73 bits per heavy atom. The quantitative estimate of drug-likeness (QED) is 0.243. The SMILES string of the molecule is Cc1ccc(NC(=O)COc2ccc(Cl)cc2[C@H]2c3sc(=O)[nH]c3SC3C4CC(C5C(=O)N(c6ccccc6)C(=O)C45)C32)cc1. The molecule has 3 fully saturated rings. The number of aromatic nitrogens is 1. The van der Waals surface area contributed by atoms with Crippen LogP contribution < -0.4 is 19.8 Å². The lowest BCUT2D eigenvalue weighted by molar-refractivity contribution is -0.123. The summed E-state index contributed by atoms with van der Waals surface area (Å²) in [6.07, 6.45) is 0.767. The molecule has 2 aliphatic heterocycles. The Bertz CT molecular complexity index is 1910. The molecule has 2 bridgehead atoms. The number of nitrogens with one attached hydrogen (secondary N) is 2. The number of hydrogen-bond acceptors (Lipinski definition) is 7. The van der Waals surface area contributed by atoms with Crippen molar-refractivity contribution >= 4 is 63.8 Å². The number of imide groups is 1. The average Bonchev–Trinajstić information content (AvgIpc) is 3.77. The Morgan fingerprint density at radius 1 is 1.00 bits per heavy atom. The summed E-state index contributed by atoms with van der Waals surface area (Å²) >= 11 is 9.37. The van der Waals surface area contributed by atoms with Gasteiger partial charge in [0.1, 0.15) is 5.75 Å². The van der Waals surface area contributed by atoms with E-state index in [2.05, 4.69) is 10.3 Å². The molecule has 3 amide bonds. The fourth-order valence-electron chi connectivity index (χ4n) is 8.07. The molecule has 6 unspecified atom stereocenters. The van der Waals surface area contributed by atoms with Crippen LogP contribution >= 0.6 is 34.7 Å². The molecule has 228 valence electrons. The second-order valence-corrected chi connectivity index (χ2v) is 14.8. The lowest BCUT2D eigenvalue weighted by atomic mass is 9.68. The number of H-pyrrole nitrogens is 1. The van der Waals surface area contributed by atoms with E-state index >= 15 is 0 Å². The Morgan fingerprint density at radius 3 is 2.49 bits per heavy atom. The molecule has 8 rings (SSSR count). The van der Waals surface area contributed by atoms with Gasteiger partial charge in [-0.3, -0.25) is 24.1 Å². The van der Waals surface area contributed by atoms with Crippen molar-refractivity contribution in [1.82, 2.24) is 4.98 Å². The molecule has 2 saturated carbocycles. The predicted octanol–water partition coefficient (Wildman–Crippen LogP) is 6.09. The number of hydrogen-bond donors (Lipinski definition) is 2. The smallest absolute Gasteiger partial charge is 0.305 e. The maximum Gasteiger partial charge on any atom is 0.305 e. The average molecular weight is 658 g/mol. The van der Waals surface area contributed by atoms with Crippen molar-refractivity contribution in [2.75, 3.05) is 16.8 Å². The number of anilines is 2. The number of nitrogens with zero attached hydrogens (tertiary/aromatic N) is 1. The number of ether oxygens (including phenoxy) is 1. The van der Waals surface area contributed by atoms with Gasteiger partial charge in [-0.2, -0.15) is 0 Å². The normalized spacial score (nSPS) is 27.7. The highest BCUT2D eigenvalue weighted by molar-refractivity contribution is 8.00. The third-order valence-corrected chi connectivity index (χ3v) is 12.6. The maximum absolute atomic E-state index is 14.0. The fourth-order valence-corrected chi connectivity index (χ4v) is 11.1. The summed E-state index contributed by atoms with van der Waals surface area (Å²) in [5.41, 5.74) is 3.15. The third kappa shape index (κ3) is 4.64.